The van der Waals surface area contributed by atoms with E-state index in [1.165, 1.54) is 12.1 Å². The molecule has 2 N–H and O–H groups in total. The third kappa shape index (κ3) is 5.77. The van der Waals surface area contributed by atoms with Crippen molar-refractivity contribution in [1.82, 2.24) is 5.32 Å². The highest BCUT2D eigenvalue weighted by Gasteiger charge is 2.08. The Labute approximate surface area is 156 Å². The first-order valence-electron chi connectivity index (χ1n) is 7.81. The Morgan fingerprint density at radius 1 is 1.12 bits per heavy atom. The molecule has 6 nitrogen and oxygen atoms in total. The van der Waals surface area contributed by atoms with E-state index in [4.69, 9.17) is 27.9 Å². The van der Waals surface area contributed by atoms with Crippen molar-refractivity contribution in [2.75, 3.05) is 25.0 Å². The summed E-state index contributed by atoms with van der Waals surface area (Å²) in [5.74, 6) is 0.683. The molecule has 0 unspecified atom stereocenters. The van der Waals surface area contributed by atoms with Crippen molar-refractivity contribution in [2.24, 2.45) is 0 Å². The second-order valence-electron chi connectivity index (χ2n) is 5.22. The largest absolute Gasteiger partial charge is 0.492 e. The Morgan fingerprint density at radius 3 is 2.56 bits per heavy atom. The van der Waals surface area contributed by atoms with E-state index < -0.39 is 4.92 Å². The standard InChI is InChI=1S/C17H19Cl2N3O3/c1-2-25-17-6-3-12(9-15(17)19)11-20-7-8-21-16-5-4-13(22(23)24)10-14(16)18/h3-6,9-10,20-21H,2,7-8,11H2,1H3. The zero-order chi connectivity index (χ0) is 18.2. The topological polar surface area (TPSA) is 76.4 Å². The molecule has 0 saturated heterocycles. The zero-order valence-electron chi connectivity index (χ0n) is 13.7. The summed E-state index contributed by atoms with van der Waals surface area (Å²) in [6, 6.07) is 10.1. The average Bonchev–Trinajstić information content (AvgIpc) is 2.58. The second kappa shape index (κ2) is 9.46. The van der Waals surface area contributed by atoms with Crippen LogP contribution in [0.4, 0.5) is 11.4 Å². The molecule has 0 spiro atoms. The van der Waals surface area contributed by atoms with Gasteiger partial charge in [0.1, 0.15) is 5.75 Å². The first-order chi connectivity index (χ1) is 12.0. The molecule has 0 saturated carbocycles. The smallest absolute Gasteiger partial charge is 0.271 e. The molecular weight excluding hydrogens is 365 g/mol. The van der Waals surface area contributed by atoms with Crippen molar-refractivity contribution in [1.29, 1.82) is 0 Å². The molecule has 0 heterocycles. The lowest BCUT2D eigenvalue weighted by molar-refractivity contribution is -0.384. The highest BCUT2D eigenvalue weighted by atomic mass is 35.5. The molecule has 134 valence electrons. The van der Waals surface area contributed by atoms with Gasteiger partial charge in [-0.1, -0.05) is 29.3 Å². The lowest BCUT2D eigenvalue weighted by Crippen LogP contribution is -2.21. The number of nitrogens with one attached hydrogen (secondary N) is 2. The van der Waals surface area contributed by atoms with E-state index in [9.17, 15) is 10.1 Å². The molecule has 0 aromatic heterocycles. The summed E-state index contributed by atoms with van der Waals surface area (Å²) in [4.78, 5) is 10.2. The first kappa shape index (κ1) is 19.3. The monoisotopic (exact) mass is 383 g/mol. The van der Waals surface area contributed by atoms with Crippen LogP contribution < -0.4 is 15.4 Å². The predicted octanol–water partition coefficient (Wildman–Crippen LogP) is 4.50. The van der Waals surface area contributed by atoms with Crippen LogP contribution in [0.25, 0.3) is 0 Å². The maximum atomic E-state index is 10.7. The molecule has 0 aliphatic carbocycles. The number of nitro benzene ring substituents is 1. The first-order valence-corrected chi connectivity index (χ1v) is 8.56. The van der Waals surface area contributed by atoms with E-state index in [0.717, 1.165) is 5.56 Å². The van der Waals surface area contributed by atoms with Crippen LogP contribution in [0.2, 0.25) is 10.0 Å². The van der Waals surface area contributed by atoms with Crippen molar-refractivity contribution in [3.8, 4) is 5.75 Å². The maximum absolute atomic E-state index is 10.7. The minimum atomic E-state index is -0.473. The van der Waals surface area contributed by atoms with Crippen LogP contribution in [0.3, 0.4) is 0 Å². The predicted molar refractivity (Wildman–Crippen MR) is 101 cm³/mol. The van der Waals surface area contributed by atoms with Gasteiger partial charge in [0.15, 0.2) is 0 Å². The van der Waals surface area contributed by atoms with Gasteiger partial charge >= 0.3 is 0 Å². The van der Waals surface area contributed by atoms with Crippen LogP contribution in [-0.4, -0.2) is 24.6 Å². The molecule has 8 heteroatoms. The molecule has 2 aromatic rings. The fourth-order valence-corrected chi connectivity index (χ4v) is 2.71. The molecule has 2 aromatic carbocycles. The summed E-state index contributed by atoms with van der Waals surface area (Å²) in [5.41, 5.74) is 1.70. The summed E-state index contributed by atoms with van der Waals surface area (Å²) in [6.45, 7) is 4.48. The fraction of sp³-hybridized carbons (Fsp3) is 0.294. The van der Waals surface area contributed by atoms with Gasteiger partial charge in [-0.15, -0.1) is 0 Å². The third-order valence-electron chi connectivity index (χ3n) is 3.41. The lowest BCUT2D eigenvalue weighted by atomic mass is 10.2. The van der Waals surface area contributed by atoms with Gasteiger partial charge in [0.25, 0.3) is 5.69 Å². The van der Waals surface area contributed by atoms with Gasteiger partial charge in [0, 0.05) is 31.8 Å². The quantitative estimate of drug-likeness (QED) is 0.378. The van der Waals surface area contributed by atoms with E-state index >= 15 is 0 Å². The summed E-state index contributed by atoms with van der Waals surface area (Å²) in [6.07, 6.45) is 0. The SMILES string of the molecule is CCOc1ccc(CNCCNc2ccc([N+](=O)[O-])cc2Cl)cc1Cl. The molecule has 0 amide bonds. The number of rotatable bonds is 9. The Bertz CT molecular complexity index is 741. The molecule has 0 atom stereocenters. The van der Waals surface area contributed by atoms with Crippen LogP contribution in [0.1, 0.15) is 12.5 Å². The van der Waals surface area contributed by atoms with Crippen molar-refractivity contribution >= 4 is 34.6 Å². The summed E-state index contributed by atoms with van der Waals surface area (Å²) >= 11 is 12.2. The van der Waals surface area contributed by atoms with Gasteiger partial charge in [-0.2, -0.15) is 0 Å². The molecular formula is C17H19Cl2N3O3. The van der Waals surface area contributed by atoms with Crippen LogP contribution in [0.5, 0.6) is 5.75 Å². The molecule has 0 fully saturated rings. The number of anilines is 1. The number of hydrogen-bond acceptors (Lipinski definition) is 5. The maximum Gasteiger partial charge on any atom is 0.271 e. The van der Waals surface area contributed by atoms with Crippen LogP contribution in [0, 0.1) is 10.1 Å². The minimum absolute atomic E-state index is 0.0268. The van der Waals surface area contributed by atoms with Crippen LogP contribution in [-0.2, 0) is 6.54 Å². The number of non-ortho nitro benzene ring substituents is 1. The summed E-state index contributed by atoms with van der Waals surface area (Å²) in [7, 11) is 0. The number of hydrogen-bond donors (Lipinski definition) is 2. The van der Waals surface area contributed by atoms with Crippen molar-refractivity contribution in [3.63, 3.8) is 0 Å². The molecule has 0 bridgehead atoms. The molecule has 0 radical (unpaired) electrons. The lowest BCUT2D eigenvalue weighted by Gasteiger charge is -2.10. The summed E-state index contributed by atoms with van der Waals surface area (Å²) < 4.78 is 5.40. The number of halogens is 2. The van der Waals surface area contributed by atoms with E-state index in [0.29, 0.717) is 47.7 Å². The van der Waals surface area contributed by atoms with E-state index in [1.807, 2.05) is 25.1 Å². The van der Waals surface area contributed by atoms with Crippen LogP contribution >= 0.6 is 23.2 Å². The Balaban J connectivity index is 1.76. The van der Waals surface area contributed by atoms with Gasteiger partial charge in [0.2, 0.25) is 0 Å². The van der Waals surface area contributed by atoms with Crippen molar-refractivity contribution in [2.45, 2.75) is 13.5 Å². The van der Waals surface area contributed by atoms with Gasteiger partial charge in [-0.25, -0.2) is 0 Å². The average molecular weight is 384 g/mol. The van der Waals surface area contributed by atoms with Crippen molar-refractivity contribution < 1.29 is 9.66 Å². The van der Waals surface area contributed by atoms with E-state index in [-0.39, 0.29) is 5.69 Å². The molecule has 2 rings (SSSR count). The third-order valence-corrected chi connectivity index (χ3v) is 4.01. The van der Waals surface area contributed by atoms with E-state index in [1.54, 1.807) is 6.07 Å². The van der Waals surface area contributed by atoms with Gasteiger partial charge in [0.05, 0.1) is 27.3 Å². The highest BCUT2D eigenvalue weighted by molar-refractivity contribution is 6.33. The number of nitro groups is 1. The minimum Gasteiger partial charge on any atom is -0.492 e. The summed E-state index contributed by atoms with van der Waals surface area (Å²) in [5, 5.41) is 18.0. The fourth-order valence-electron chi connectivity index (χ4n) is 2.21. The highest BCUT2D eigenvalue weighted by Crippen LogP contribution is 2.26. The second-order valence-corrected chi connectivity index (χ2v) is 6.04. The number of benzene rings is 2. The van der Waals surface area contributed by atoms with Gasteiger partial charge in [-0.3, -0.25) is 10.1 Å². The Morgan fingerprint density at radius 2 is 1.92 bits per heavy atom. The molecule has 25 heavy (non-hydrogen) atoms. The van der Waals surface area contributed by atoms with Gasteiger partial charge < -0.3 is 15.4 Å². The molecule has 0 aliphatic rings. The number of ether oxygens (including phenoxy) is 1. The Kier molecular flexibility index (Phi) is 7.31. The number of nitrogens with zero attached hydrogens (tertiary/aromatic N) is 1. The van der Waals surface area contributed by atoms with E-state index in [2.05, 4.69) is 10.6 Å². The van der Waals surface area contributed by atoms with Crippen LogP contribution in [0.15, 0.2) is 36.4 Å². The normalized spacial score (nSPS) is 10.5. The zero-order valence-corrected chi connectivity index (χ0v) is 15.2. The van der Waals surface area contributed by atoms with Gasteiger partial charge in [-0.05, 0) is 30.7 Å². The van der Waals surface area contributed by atoms with Crippen molar-refractivity contribution in [3.05, 3.63) is 62.1 Å². The molecule has 0 aliphatic heterocycles. The Hall–Kier alpha value is -2.02.